The lowest BCUT2D eigenvalue weighted by atomic mass is 9.91. The second-order valence-electron chi connectivity index (χ2n) is 6.16. The Bertz CT molecular complexity index is 314. The van der Waals surface area contributed by atoms with Crippen LogP contribution in [0.3, 0.4) is 0 Å². The van der Waals surface area contributed by atoms with Crippen LogP contribution in [0.1, 0.15) is 59.3 Å². The Hall–Kier alpha value is -0.130. The van der Waals surface area contributed by atoms with Gasteiger partial charge in [0, 0.05) is 12.6 Å². The molecule has 1 saturated carbocycles. The Kier molecular flexibility index (Phi) is 5.41. The van der Waals surface area contributed by atoms with Crippen molar-refractivity contribution in [2.24, 2.45) is 5.41 Å². The highest BCUT2D eigenvalue weighted by Gasteiger charge is 2.20. The average Bonchev–Trinajstić information content (AvgIpc) is 2.63. The molecule has 102 valence electrons. The average molecular weight is 262 g/mol. The minimum atomic E-state index is -3.28. The van der Waals surface area contributed by atoms with Crippen molar-refractivity contribution >= 4 is 10.2 Å². The van der Waals surface area contributed by atoms with Crippen molar-refractivity contribution in [2.45, 2.75) is 65.3 Å². The molecule has 0 amide bonds. The molecule has 5 heteroatoms. The first-order valence-corrected chi connectivity index (χ1v) is 8.04. The maximum absolute atomic E-state index is 11.7. The van der Waals surface area contributed by atoms with Gasteiger partial charge in [0.05, 0.1) is 0 Å². The standard InChI is InChI=1S/C12H26N2O2S/c1-12(2,3)9-6-10-13-17(15,16)14-11-7-4-5-8-11/h11,13-14H,4-10H2,1-3H3. The molecule has 0 atom stereocenters. The Morgan fingerprint density at radius 3 is 2.29 bits per heavy atom. The second-order valence-corrected chi connectivity index (χ2v) is 7.69. The van der Waals surface area contributed by atoms with Crippen molar-refractivity contribution in [1.82, 2.24) is 9.44 Å². The van der Waals surface area contributed by atoms with E-state index in [-0.39, 0.29) is 11.5 Å². The number of hydrogen-bond acceptors (Lipinski definition) is 2. The first-order valence-electron chi connectivity index (χ1n) is 6.55. The van der Waals surface area contributed by atoms with Crippen molar-refractivity contribution in [3.63, 3.8) is 0 Å². The van der Waals surface area contributed by atoms with Gasteiger partial charge in [-0.05, 0) is 31.1 Å². The van der Waals surface area contributed by atoms with Crippen LogP contribution in [0.2, 0.25) is 0 Å². The third-order valence-corrected chi connectivity index (χ3v) is 4.30. The summed E-state index contributed by atoms with van der Waals surface area (Å²) in [6.45, 7) is 7.02. The van der Waals surface area contributed by atoms with Gasteiger partial charge in [0.25, 0.3) is 10.2 Å². The smallest absolute Gasteiger partial charge is 0.202 e. The summed E-state index contributed by atoms with van der Waals surface area (Å²) < 4.78 is 28.7. The third-order valence-electron chi connectivity index (χ3n) is 3.07. The minimum Gasteiger partial charge on any atom is -0.202 e. The van der Waals surface area contributed by atoms with Gasteiger partial charge in [0.2, 0.25) is 0 Å². The lowest BCUT2D eigenvalue weighted by Gasteiger charge is -2.18. The van der Waals surface area contributed by atoms with E-state index in [1.165, 1.54) is 0 Å². The van der Waals surface area contributed by atoms with Gasteiger partial charge < -0.3 is 0 Å². The summed E-state index contributed by atoms with van der Waals surface area (Å²) >= 11 is 0. The Morgan fingerprint density at radius 1 is 1.18 bits per heavy atom. The van der Waals surface area contributed by atoms with E-state index in [1.54, 1.807) is 0 Å². The molecule has 0 aromatic rings. The van der Waals surface area contributed by atoms with Crippen LogP contribution in [0.25, 0.3) is 0 Å². The van der Waals surface area contributed by atoms with E-state index >= 15 is 0 Å². The minimum absolute atomic E-state index is 0.148. The van der Waals surface area contributed by atoms with Crippen molar-refractivity contribution in [3.8, 4) is 0 Å². The zero-order chi connectivity index (χ0) is 12.9. The maximum atomic E-state index is 11.7. The molecule has 4 nitrogen and oxygen atoms in total. The van der Waals surface area contributed by atoms with E-state index in [4.69, 9.17) is 0 Å². The van der Waals surface area contributed by atoms with Gasteiger partial charge in [-0.15, -0.1) is 0 Å². The summed E-state index contributed by atoms with van der Waals surface area (Å²) in [5.41, 5.74) is 0.268. The van der Waals surface area contributed by atoms with Gasteiger partial charge in [-0.1, -0.05) is 33.6 Å². The lowest BCUT2D eigenvalue weighted by Crippen LogP contribution is -2.42. The molecule has 0 aromatic carbocycles. The van der Waals surface area contributed by atoms with Gasteiger partial charge >= 0.3 is 0 Å². The van der Waals surface area contributed by atoms with Crippen LogP contribution in [0, 0.1) is 5.41 Å². The Labute approximate surface area is 106 Å². The summed E-state index contributed by atoms with van der Waals surface area (Å²) in [5, 5.41) is 0. The predicted octanol–water partition coefficient (Wildman–Crippen LogP) is 2.18. The second kappa shape index (κ2) is 6.16. The molecule has 1 fully saturated rings. The molecule has 0 unspecified atom stereocenters. The van der Waals surface area contributed by atoms with E-state index < -0.39 is 10.2 Å². The molecule has 0 radical (unpaired) electrons. The summed E-state index contributed by atoms with van der Waals surface area (Å²) in [4.78, 5) is 0. The first kappa shape index (κ1) is 14.9. The SMILES string of the molecule is CC(C)(C)CCCNS(=O)(=O)NC1CCCC1. The molecule has 1 rings (SSSR count). The van der Waals surface area contributed by atoms with Crippen LogP contribution >= 0.6 is 0 Å². The highest BCUT2D eigenvalue weighted by atomic mass is 32.2. The van der Waals surface area contributed by atoms with Crippen LogP contribution in [-0.2, 0) is 10.2 Å². The van der Waals surface area contributed by atoms with Crippen LogP contribution < -0.4 is 9.44 Å². The maximum Gasteiger partial charge on any atom is 0.277 e. The molecule has 1 aliphatic carbocycles. The number of rotatable bonds is 6. The van der Waals surface area contributed by atoms with Crippen LogP contribution in [0.4, 0.5) is 0 Å². The Balaban J connectivity index is 2.20. The predicted molar refractivity (Wildman–Crippen MR) is 71.0 cm³/mol. The topological polar surface area (TPSA) is 58.2 Å². The highest BCUT2D eigenvalue weighted by molar-refractivity contribution is 7.87. The van der Waals surface area contributed by atoms with E-state index in [2.05, 4.69) is 30.2 Å². The van der Waals surface area contributed by atoms with E-state index in [1.807, 2.05) is 0 Å². The molecule has 0 aromatic heterocycles. The molecular weight excluding hydrogens is 236 g/mol. The van der Waals surface area contributed by atoms with Crippen molar-refractivity contribution in [3.05, 3.63) is 0 Å². The van der Waals surface area contributed by atoms with Crippen LogP contribution in [0.5, 0.6) is 0 Å². The van der Waals surface area contributed by atoms with Gasteiger partial charge in [-0.25, -0.2) is 4.72 Å². The van der Waals surface area contributed by atoms with E-state index in [9.17, 15) is 8.42 Å². The fraction of sp³-hybridized carbons (Fsp3) is 1.00. The zero-order valence-corrected chi connectivity index (χ0v) is 12.1. The zero-order valence-electron chi connectivity index (χ0n) is 11.3. The van der Waals surface area contributed by atoms with Crippen molar-refractivity contribution < 1.29 is 8.42 Å². The van der Waals surface area contributed by atoms with Crippen LogP contribution in [-0.4, -0.2) is 21.0 Å². The molecule has 0 bridgehead atoms. The third kappa shape index (κ3) is 7.01. The largest absolute Gasteiger partial charge is 0.277 e. The van der Waals surface area contributed by atoms with E-state index in [0.717, 1.165) is 38.5 Å². The molecule has 0 spiro atoms. The lowest BCUT2D eigenvalue weighted by molar-refractivity contribution is 0.365. The van der Waals surface area contributed by atoms with Gasteiger partial charge in [-0.3, -0.25) is 0 Å². The summed E-state index contributed by atoms with van der Waals surface area (Å²) in [6, 6.07) is 0.148. The fourth-order valence-electron chi connectivity index (χ4n) is 2.13. The fourth-order valence-corrected chi connectivity index (χ4v) is 3.30. The van der Waals surface area contributed by atoms with Gasteiger partial charge in [-0.2, -0.15) is 13.1 Å². The molecule has 0 saturated heterocycles. The quantitative estimate of drug-likeness (QED) is 0.721. The number of hydrogen-bond donors (Lipinski definition) is 2. The summed E-state index contributed by atoms with van der Waals surface area (Å²) in [7, 11) is -3.28. The summed E-state index contributed by atoms with van der Waals surface area (Å²) in [5.74, 6) is 0. The molecule has 0 heterocycles. The van der Waals surface area contributed by atoms with Crippen molar-refractivity contribution in [2.75, 3.05) is 6.54 Å². The van der Waals surface area contributed by atoms with Gasteiger partial charge in [0.1, 0.15) is 0 Å². The molecule has 2 N–H and O–H groups in total. The number of nitrogens with one attached hydrogen (secondary N) is 2. The molecule has 17 heavy (non-hydrogen) atoms. The van der Waals surface area contributed by atoms with Gasteiger partial charge in [0.15, 0.2) is 0 Å². The summed E-state index contributed by atoms with van der Waals surface area (Å²) in [6.07, 6.45) is 6.13. The molecule has 1 aliphatic rings. The normalized spacial score (nSPS) is 18.8. The highest BCUT2D eigenvalue weighted by Crippen LogP contribution is 2.20. The molecular formula is C12H26N2O2S. The Morgan fingerprint density at radius 2 is 1.76 bits per heavy atom. The first-order chi connectivity index (χ1) is 7.79. The van der Waals surface area contributed by atoms with Crippen molar-refractivity contribution in [1.29, 1.82) is 0 Å². The molecule has 0 aliphatic heterocycles. The monoisotopic (exact) mass is 262 g/mol. The van der Waals surface area contributed by atoms with Crippen LogP contribution in [0.15, 0.2) is 0 Å². The van der Waals surface area contributed by atoms with E-state index in [0.29, 0.717) is 6.54 Å².